The Hall–Kier alpha value is -0.120. The van der Waals surface area contributed by atoms with E-state index >= 15 is 0 Å². The molecule has 0 aromatic heterocycles. The largest absolute Gasteiger partial charge is 0.386 e. The maximum atomic E-state index is 9.87. The minimum atomic E-state index is -0.742. The first-order valence-corrected chi connectivity index (χ1v) is 5.99. The molecule has 0 spiro atoms. The van der Waals surface area contributed by atoms with Crippen LogP contribution in [-0.2, 0) is 4.74 Å². The number of likely N-dealkylation sites (N-methyl/N-ethyl adjacent to an activating group) is 1. The molecule has 0 aliphatic rings. The van der Waals surface area contributed by atoms with Gasteiger partial charge in [0.1, 0.15) is 0 Å². The summed E-state index contributed by atoms with van der Waals surface area (Å²) in [5.74, 6) is 0.732. The Bertz CT molecular complexity index is 147. The van der Waals surface area contributed by atoms with Crippen LogP contribution in [0.1, 0.15) is 40.5 Å². The van der Waals surface area contributed by atoms with E-state index in [4.69, 9.17) is 4.74 Å². The lowest BCUT2D eigenvalue weighted by Gasteiger charge is -2.23. The normalized spacial score (nSPS) is 15.6. The smallest absolute Gasteiger partial charge is 0.0975 e. The van der Waals surface area contributed by atoms with Crippen LogP contribution in [0.5, 0.6) is 0 Å². The van der Waals surface area contributed by atoms with Crippen molar-refractivity contribution >= 4 is 0 Å². The van der Waals surface area contributed by atoms with E-state index in [2.05, 4.69) is 19.2 Å². The highest BCUT2D eigenvalue weighted by molar-refractivity contribution is 4.74. The van der Waals surface area contributed by atoms with Gasteiger partial charge in [0.25, 0.3) is 0 Å². The van der Waals surface area contributed by atoms with Gasteiger partial charge in [0, 0.05) is 13.2 Å². The topological polar surface area (TPSA) is 41.5 Å². The average Bonchev–Trinajstić information content (AvgIpc) is 2.14. The average molecular weight is 217 g/mol. The van der Waals surface area contributed by atoms with Crippen molar-refractivity contribution < 1.29 is 9.84 Å². The zero-order valence-corrected chi connectivity index (χ0v) is 10.7. The maximum absolute atomic E-state index is 9.87. The van der Waals surface area contributed by atoms with Crippen molar-refractivity contribution in [2.24, 2.45) is 5.92 Å². The molecule has 0 heterocycles. The molecule has 0 radical (unpaired) electrons. The second kappa shape index (κ2) is 8.08. The van der Waals surface area contributed by atoms with E-state index in [0.29, 0.717) is 13.2 Å². The minimum Gasteiger partial charge on any atom is -0.386 e. The number of rotatable bonds is 9. The number of aliphatic hydroxyl groups is 1. The second-order valence-electron chi connectivity index (χ2n) is 4.87. The molecule has 0 aromatic carbocycles. The third-order valence-corrected chi connectivity index (χ3v) is 2.24. The van der Waals surface area contributed by atoms with Gasteiger partial charge in [-0.25, -0.2) is 0 Å². The Balaban J connectivity index is 3.40. The van der Waals surface area contributed by atoms with Gasteiger partial charge in [0.15, 0.2) is 0 Å². The summed E-state index contributed by atoms with van der Waals surface area (Å²) in [6.45, 7) is 10.9. The van der Waals surface area contributed by atoms with Crippen LogP contribution < -0.4 is 5.32 Å². The Labute approximate surface area is 94.2 Å². The first-order chi connectivity index (χ1) is 6.98. The summed E-state index contributed by atoms with van der Waals surface area (Å²) in [6, 6.07) is 0. The van der Waals surface area contributed by atoms with E-state index in [0.717, 1.165) is 25.5 Å². The maximum Gasteiger partial charge on any atom is 0.0975 e. The summed E-state index contributed by atoms with van der Waals surface area (Å²) in [4.78, 5) is 0. The molecular formula is C12H27NO2. The van der Waals surface area contributed by atoms with Crippen LogP contribution in [0.3, 0.4) is 0 Å². The molecule has 0 aliphatic carbocycles. The molecular weight excluding hydrogens is 190 g/mol. The number of hydrogen-bond acceptors (Lipinski definition) is 3. The highest BCUT2D eigenvalue weighted by atomic mass is 16.5. The Morgan fingerprint density at radius 3 is 2.60 bits per heavy atom. The lowest BCUT2D eigenvalue weighted by Crippen LogP contribution is -2.41. The summed E-state index contributed by atoms with van der Waals surface area (Å²) < 4.78 is 5.46. The molecule has 3 heteroatoms. The van der Waals surface area contributed by atoms with Gasteiger partial charge in [0.2, 0.25) is 0 Å². The molecule has 92 valence electrons. The summed E-state index contributed by atoms with van der Waals surface area (Å²) in [5, 5.41) is 13.0. The third-order valence-electron chi connectivity index (χ3n) is 2.24. The third kappa shape index (κ3) is 10.2. The zero-order valence-electron chi connectivity index (χ0n) is 10.7. The van der Waals surface area contributed by atoms with Crippen LogP contribution in [0.2, 0.25) is 0 Å². The van der Waals surface area contributed by atoms with Crippen LogP contribution in [0.25, 0.3) is 0 Å². The Kier molecular flexibility index (Phi) is 8.02. The fraction of sp³-hybridized carbons (Fsp3) is 1.00. The first-order valence-electron chi connectivity index (χ1n) is 5.99. The molecule has 0 aliphatic heterocycles. The Morgan fingerprint density at radius 1 is 1.40 bits per heavy atom. The summed E-state index contributed by atoms with van der Waals surface area (Å²) >= 11 is 0. The first kappa shape index (κ1) is 14.9. The standard InChI is InChI=1S/C12H27NO2/c1-5-13-9-12(4,14)10-15-8-6-7-11(2)3/h11,13-14H,5-10H2,1-4H3. The van der Waals surface area contributed by atoms with E-state index in [1.54, 1.807) is 6.92 Å². The molecule has 0 saturated carbocycles. The molecule has 0 rings (SSSR count). The van der Waals surface area contributed by atoms with Gasteiger partial charge >= 0.3 is 0 Å². The van der Waals surface area contributed by atoms with Gasteiger partial charge in [-0.1, -0.05) is 20.8 Å². The van der Waals surface area contributed by atoms with E-state index in [-0.39, 0.29) is 0 Å². The van der Waals surface area contributed by atoms with Crippen molar-refractivity contribution in [1.82, 2.24) is 5.32 Å². The predicted molar refractivity (Wildman–Crippen MR) is 64.1 cm³/mol. The molecule has 0 amide bonds. The highest BCUT2D eigenvalue weighted by Crippen LogP contribution is 2.06. The van der Waals surface area contributed by atoms with Crippen molar-refractivity contribution in [3.63, 3.8) is 0 Å². The Morgan fingerprint density at radius 2 is 2.07 bits per heavy atom. The second-order valence-corrected chi connectivity index (χ2v) is 4.87. The van der Waals surface area contributed by atoms with E-state index in [1.165, 1.54) is 6.42 Å². The van der Waals surface area contributed by atoms with Crippen molar-refractivity contribution in [2.75, 3.05) is 26.3 Å². The fourth-order valence-electron chi connectivity index (χ4n) is 1.33. The molecule has 0 bridgehead atoms. The predicted octanol–water partition coefficient (Wildman–Crippen LogP) is 1.80. The fourth-order valence-corrected chi connectivity index (χ4v) is 1.33. The lowest BCUT2D eigenvalue weighted by atomic mass is 10.1. The van der Waals surface area contributed by atoms with Crippen LogP contribution in [0.15, 0.2) is 0 Å². The molecule has 0 aromatic rings. The molecule has 0 saturated heterocycles. The van der Waals surface area contributed by atoms with Crippen LogP contribution in [0.4, 0.5) is 0 Å². The quantitative estimate of drug-likeness (QED) is 0.579. The monoisotopic (exact) mass is 217 g/mol. The summed E-state index contributed by atoms with van der Waals surface area (Å²) in [5.41, 5.74) is -0.742. The van der Waals surface area contributed by atoms with Gasteiger partial charge < -0.3 is 15.2 Å². The van der Waals surface area contributed by atoms with Crippen molar-refractivity contribution in [1.29, 1.82) is 0 Å². The van der Waals surface area contributed by atoms with Crippen LogP contribution in [0, 0.1) is 5.92 Å². The van der Waals surface area contributed by atoms with Gasteiger partial charge in [0.05, 0.1) is 12.2 Å². The lowest BCUT2D eigenvalue weighted by molar-refractivity contribution is -0.0330. The number of hydrogen-bond donors (Lipinski definition) is 2. The van der Waals surface area contributed by atoms with Gasteiger partial charge in [-0.2, -0.15) is 0 Å². The molecule has 3 nitrogen and oxygen atoms in total. The number of nitrogens with one attached hydrogen (secondary N) is 1. The van der Waals surface area contributed by atoms with E-state index in [1.807, 2.05) is 6.92 Å². The zero-order chi connectivity index (χ0) is 11.7. The van der Waals surface area contributed by atoms with Crippen LogP contribution in [-0.4, -0.2) is 37.0 Å². The van der Waals surface area contributed by atoms with Crippen LogP contribution >= 0.6 is 0 Å². The summed E-state index contributed by atoms with van der Waals surface area (Å²) in [7, 11) is 0. The molecule has 1 atom stereocenters. The molecule has 1 unspecified atom stereocenters. The van der Waals surface area contributed by atoms with Gasteiger partial charge in [-0.15, -0.1) is 0 Å². The SMILES string of the molecule is CCNCC(C)(O)COCCCC(C)C. The van der Waals surface area contributed by atoms with Crippen molar-refractivity contribution in [2.45, 2.75) is 46.1 Å². The van der Waals surface area contributed by atoms with E-state index < -0.39 is 5.60 Å². The van der Waals surface area contributed by atoms with Gasteiger partial charge in [-0.05, 0) is 32.2 Å². The molecule has 0 fully saturated rings. The number of ether oxygens (including phenoxy) is 1. The van der Waals surface area contributed by atoms with Crippen molar-refractivity contribution in [3.05, 3.63) is 0 Å². The minimum absolute atomic E-state index is 0.415. The van der Waals surface area contributed by atoms with Crippen molar-refractivity contribution in [3.8, 4) is 0 Å². The highest BCUT2D eigenvalue weighted by Gasteiger charge is 2.19. The summed E-state index contributed by atoms with van der Waals surface area (Å²) in [6.07, 6.45) is 2.27. The van der Waals surface area contributed by atoms with E-state index in [9.17, 15) is 5.11 Å². The van der Waals surface area contributed by atoms with Gasteiger partial charge in [-0.3, -0.25) is 0 Å². The molecule has 2 N–H and O–H groups in total. The molecule has 15 heavy (non-hydrogen) atoms.